The lowest BCUT2D eigenvalue weighted by molar-refractivity contribution is 0.287. The number of hydrogen-bond acceptors (Lipinski definition) is 1. The second-order valence-corrected chi connectivity index (χ2v) is 3.49. The molecule has 0 aliphatic rings. The summed E-state index contributed by atoms with van der Waals surface area (Å²) in [7, 11) is 0. The average Bonchev–Trinajstić information content (AvgIpc) is 2.15. The van der Waals surface area contributed by atoms with Gasteiger partial charge in [0.05, 0.1) is 0 Å². The Labute approximate surface area is 84.6 Å². The summed E-state index contributed by atoms with van der Waals surface area (Å²) in [6, 6.07) is 0. The van der Waals surface area contributed by atoms with Gasteiger partial charge in [0.1, 0.15) is 0 Å². The highest BCUT2D eigenvalue weighted by Gasteiger charge is 1.83. The van der Waals surface area contributed by atoms with Gasteiger partial charge in [0.25, 0.3) is 0 Å². The first-order valence-corrected chi connectivity index (χ1v) is 5.94. The zero-order valence-electron chi connectivity index (χ0n) is 9.81. The molecule has 0 bridgehead atoms. The van der Waals surface area contributed by atoms with E-state index in [9.17, 15) is 0 Å². The standard InChI is InChI=1S/C8H18.C4H10O/c1-3-5-7-8-6-4-2;1-2-3-4-5/h3-8H2,1-2H3;5H,2-4H2,1H3. The fraction of sp³-hybridized carbons (Fsp3) is 1.00. The van der Waals surface area contributed by atoms with E-state index >= 15 is 0 Å². The molecular weight excluding hydrogens is 160 g/mol. The number of aliphatic hydroxyl groups is 1. The lowest BCUT2D eigenvalue weighted by Crippen LogP contribution is -1.75. The Morgan fingerprint density at radius 1 is 0.615 bits per heavy atom. The molecule has 0 radical (unpaired) electrons. The number of rotatable bonds is 7. The van der Waals surface area contributed by atoms with Crippen LogP contribution in [0.5, 0.6) is 0 Å². The van der Waals surface area contributed by atoms with Crippen LogP contribution in [0.2, 0.25) is 0 Å². The summed E-state index contributed by atoms with van der Waals surface area (Å²) in [5.74, 6) is 0. The van der Waals surface area contributed by atoms with E-state index in [4.69, 9.17) is 5.11 Å². The topological polar surface area (TPSA) is 20.2 Å². The highest BCUT2D eigenvalue weighted by molar-refractivity contribution is 4.39. The first-order chi connectivity index (χ1) is 6.33. The van der Waals surface area contributed by atoms with E-state index in [0.717, 1.165) is 12.8 Å². The third-order valence-electron chi connectivity index (χ3n) is 1.97. The van der Waals surface area contributed by atoms with Crippen LogP contribution in [0.15, 0.2) is 0 Å². The second kappa shape index (κ2) is 17.9. The van der Waals surface area contributed by atoms with Crippen LogP contribution < -0.4 is 0 Å². The van der Waals surface area contributed by atoms with E-state index in [1.165, 1.54) is 38.5 Å². The Morgan fingerprint density at radius 2 is 1.00 bits per heavy atom. The molecule has 0 aromatic rings. The minimum atomic E-state index is 0.344. The average molecular weight is 188 g/mol. The van der Waals surface area contributed by atoms with Crippen molar-refractivity contribution in [3.63, 3.8) is 0 Å². The van der Waals surface area contributed by atoms with Crippen LogP contribution >= 0.6 is 0 Å². The molecule has 0 saturated heterocycles. The van der Waals surface area contributed by atoms with Crippen molar-refractivity contribution in [3.05, 3.63) is 0 Å². The maximum absolute atomic E-state index is 8.07. The van der Waals surface area contributed by atoms with Gasteiger partial charge in [-0.2, -0.15) is 0 Å². The third kappa shape index (κ3) is 24.5. The van der Waals surface area contributed by atoms with Gasteiger partial charge in [0.15, 0.2) is 0 Å². The molecule has 0 aromatic carbocycles. The fourth-order valence-electron chi connectivity index (χ4n) is 1.01. The van der Waals surface area contributed by atoms with Gasteiger partial charge in [0, 0.05) is 6.61 Å². The summed E-state index contributed by atoms with van der Waals surface area (Å²) in [6.45, 7) is 6.91. The van der Waals surface area contributed by atoms with E-state index in [1.807, 2.05) is 0 Å². The monoisotopic (exact) mass is 188 g/mol. The SMILES string of the molecule is CCCCCCCC.CCCCO. The van der Waals surface area contributed by atoms with E-state index in [-0.39, 0.29) is 0 Å². The molecule has 0 aliphatic heterocycles. The molecule has 0 amide bonds. The predicted molar refractivity (Wildman–Crippen MR) is 61.0 cm³/mol. The maximum Gasteiger partial charge on any atom is 0.0430 e. The van der Waals surface area contributed by atoms with Crippen molar-refractivity contribution in [2.75, 3.05) is 6.61 Å². The van der Waals surface area contributed by atoms with Crippen LogP contribution in [0.4, 0.5) is 0 Å². The molecule has 13 heavy (non-hydrogen) atoms. The van der Waals surface area contributed by atoms with E-state index in [1.54, 1.807) is 0 Å². The Morgan fingerprint density at radius 3 is 1.15 bits per heavy atom. The van der Waals surface area contributed by atoms with E-state index in [2.05, 4.69) is 20.8 Å². The molecule has 1 heteroatoms. The third-order valence-corrected chi connectivity index (χ3v) is 1.97. The van der Waals surface area contributed by atoms with Gasteiger partial charge in [0.2, 0.25) is 0 Å². The van der Waals surface area contributed by atoms with Crippen LogP contribution in [-0.4, -0.2) is 11.7 Å². The Kier molecular flexibility index (Phi) is 21.2. The fourth-order valence-corrected chi connectivity index (χ4v) is 1.01. The van der Waals surface area contributed by atoms with E-state index < -0.39 is 0 Å². The Bertz CT molecular complexity index is 54.1. The Balaban J connectivity index is 0. The molecule has 1 N–H and O–H groups in total. The van der Waals surface area contributed by atoms with Gasteiger partial charge in [-0.1, -0.05) is 65.7 Å². The quantitative estimate of drug-likeness (QED) is 0.595. The zero-order valence-corrected chi connectivity index (χ0v) is 9.81. The lowest BCUT2D eigenvalue weighted by atomic mass is 10.1. The highest BCUT2D eigenvalue weighted by Crippen LogP contribution is 2.03. The minimum Gasteiger partial charge on any atom is -0.396 e. The molecule has 0 spiro atoms. The molecule has 0 heterocycles. The predicted octanol–water partition coefficient (Wildman–Crippen LogP) is 4.15. The Hall–Kier alpha value is -0.0400. The van der Waals surface area contributed by atoms with Gasteiger partial charge in [-0.25, -0.2) is 0 Å². The van der Waals surface area contributed by atoms with Crippen molar-refractivity contribution in [1.82, 2.24) is 0 Å². The van der Waals surface area contributed by atoms with Crippen LogP contribution in [0.1, 0.15) is 72.1 Å². The number of unbranched alkanes of at least 4 members (excludes halogenated alkanes) is 6. The summed E-state index contributed by atoms with van der Waals surface area (Å²) in [6.07, 6.45) is 10.5. The lowest BCUT2D eigenvalue weighted by Gasteiger charge is -1.93. The van der Waals surface area contributed by atoms with Gasteiger partial charge in [-0.15, -0.1) is 0 Å². The van der Waals surface area contributed by atoms with Gasteiger partial charge < -0.3 is 5.11 Å². The van der Waals surface area contributed by atoms with Crippen molar-refractivity contribution in [2.24, 2.45) is 0 Å². The van der Waals surface area contributed by atoms with Crippen molar-refractivity contribution in [3.8, 4) is 0 Å². The summed E-state index contributed by atoms with van der Waals surface area (Å²) < 4.78 is 0. The van der Waals surface area contributed by atoms with Crippen LogP contribution in [0, 0.1) is 0 Å². The number of aliphatic hydroxyl groups excluding tert-OH is 1. The van der Waals surface area contributed by atoms with Gasteiger partial charge in [-0.3, -0.25) is 0 Å². The van der Waals surface area contributed by atoms with Crippen LogP contribution in [0.25, 0.3) is 0 Å². The summed E-state index contributed by atoms with van der Waals surface area (Å²) in [5.41, 5.74) is 0. The minimum absolute atomic E-state index is 0.344. The molecule has 0 saturated carbocycles. The molecule has 0 atom stereocenters. The van der Waals surface area contributed by atoms with Crippen molar-refractivity contribution >= 4 is 0 Å². The summed E-state index contributed by atoms with van der Waals surface area (Å²) in [4.78, 5) is 0. The first-order valence-electron chi connectivity index (χ1n) is 5.94. The van der Waals surface area contributed by atoms with Crippen LogP contribution in [0.3, 0.4) is 0 Å². The largest absolute Gasteiger partial charge is 0.396 e. The van der Waals surface area contributed by atoms with Crippen molar-refractivity contribution in [1.29, 1.82) is 0 Å². The molecule has 0 unspecified atom stereocenters. The first kappa shape index (κ1) is 15.4. The molecule has 0 fully saturated rings. The van der Waals surface area contributed by atoms with Gasteiger partial charge >= 0.3 is 0 Å². The molecular formula is C12H28O. The van der Waals surface area contributed by atoms with Gasteiger partial charge in [-0.05, 0) is 6.42 Å². The highest BCUT2D eigenvalue weighted by atomic mass is 16.2. The maximum atomic E-state index is 8.07. The molecule has 0 aliphatic carbocycles. The molecule has 1 nitrogen and oxygen atoms in total. The molecule has 82 valence electrons. The van der Waals surface area contributed by atoms with Crippen molar-refractivity contribution in [2.45, 2.75) is 72.1 Å². The smallest absolute Gasteiger partial charge is 0.0430 e. The second-order valence-electron chi connectivity index (χ2n) is 3.49. The van der Waals surface area contributed by atoms with Crippen molar-refractivity contribution < 1.29 is 5.11 Å². The summed E-state index contributed by atoms with van der Waals surface area (Å²) >= 11 is 0. The summed E-state index contributed by atoms with van der Waals surface area (Å²) in [5, 5.41) is 8.07. The van der Waals surface area contributed by atoms with Crippen LogP contribution in [-0.2, 0) is 0 Å². The van der Waals surface area contributed by atoms with E-state index in [0.29, 0.717) is 6.61 Å². The normalized spacial score (nSPS) is 9.23. The zero-order chi connectivity index (χ0) is 10.4. The molecule has 0 rings (SSSR count). The number of hydrogen-bond donors (Lipinski definition) is 1. The molecule has 0 aromatic heterocycles.